The van der Waals surface area contributed by atoms with Crippen LogP contribution in [-0.2, 0) is 6.54 Å². The van der Waals surface area contributed by atoms with E-state index in [4.69, 9.17) is 6.42 Å². The van der Waals surface area contributed by atoms with Gasteiger partial charge in [0.1, 0.15) is 0 Å². The van der Waals surface area contributed by atoms with Crippen molar-refractivity contribution in [2.24, 2.45) is 0 Å². The average molecular weight is 259 g/mol. The SMILES string of the molecule is C#CC(CCC)NCc1cn[nH]c1-c1cccs1. The lowest BCUT2D eigenvalue weighted by Gasteiger charge is -2.11. The van der Waals surface area contributed by atoms with Crippen LogP contribution in [0.5, 0.6) is 0 Å². The highest BCUT2D eigenvalue weighted by atomic mass is 32.1. The molecule has 94 valence electrons. The summed E-state index contributed by atoms with van der Waals surface area (Å²) in [5.74, 6) is 2.78. The molecule has 0 fully saturated rings. The Morgan fingerprint density at radius 1 is 1.61 bits per heavy atom. The molecular weight excluding hydrogens is 242 g/mol. The molecule has 3 nitrogen and oxygen atoms in total. The van der Waals surface area contributed by atoms with Gasteiger partial charge in [-0.05, 0) is 17.9 Å². The Labute approximate surface area is 112 Å². The molecule has 0 spiro atoms. The van der Waals surface area contributed by atoms with Crippen molar-refractivity contribution in [3.8, 4) is 22.9 Å². The number of thiophene rings is 1. The molecule has 4 heteroatoms. The largest absolute Gasteiger partial charge is 0.299 e. The van der Waals surface area contributed by atoms with Crippen molar-refractivity contribution in [3.05, 3.63) is 29.3 Å². The van der Waals surface area contributed by atoms with E-state index in [0.717, 1.165) is 30.6 Å². The van der Waals surface area contributed by atoms with Crippen LogP contribution in [0.25, 0.3) is 10.6 Å². The van der Waals surface area contributed by atoms with Gasteiger partial charge in [0.05, 0.1) is 22.8 Å². The monoisotopic (exact) mass is 259 g/mol. The van der Waals surface area contributed by atoms with Gasteiger partial charge in [-0.1, -0.05) is 25.3 Å². The molecule has 18 heavy (non-hydrogen) atoms. The summed E-state index contributed by atoms with van der Waals surface area (Å²) in [6.45, 7) is 2.89. The summed E-state index contributed by atoms with van der Waals surface area (Å²) in [5, 5.41) is 12.6. The molecule has 2 rings (SSSR count). The van der Waals surface area contributed by atoms with E-state index in [-0.39, 0.29) is 6.04 Å². The molecule has 0 radical (unpaired) electrons. The maximum absolute atomic E-state index is 5.50. The minimum Gasteiger partial charge on any atom is -0.299 e. The van der Waals surface area contributed by atoms with Crippen molar-refractivity contribution in [1.82, 2.24) is 15.5 Å². The fraction of sp³-hybridized carbons (Fsp3) is 0.357. The number of nitrogens with zero attached hydrogens (tertiary/aromatic N) is 1. The number of hydrogen-bond acceptors (Lipinski definition) is 3. The normalized spacial score (nSPS) is 12.2. The predicted octanol–water partition coefficient (Wildman–Crippen LogP) is 3.03. The van der Waals surface area contributed by atoms with Gasteiger partial charge >= 0.3 is 0 Å². The minimum atomic E-state index is 0.140. The Morgan fingerprint density at radius 2 is 2.50 bits per heavy atom. The van der Waals surface area contributed by atoms with E-state index in [2.05, 4.69) is 39.8 Å². The Kier molecular flexibility index (Phi) is 4.57. The summed E-state index contributed by atoms with van der Waals surface area (Å²) in [4.78, 5) is 1.21. The number of aromatic amines is 1. The molecule has 0 aliphatic heterocycles. The lowest BCUT2D eigenvalue weighted by molar-refractivity contribution is 0.563. The zero-order valence-electron chi connectivity index (χ0n) is 10.4. The van der Waals surface area contributed by atoms with Crippen LogP contribution in [-0.4, -0.2) is 16.2 Å². The number of H-pyrrole nitrogens is 1. The van der Waals surface area contributed by atoms with E-state index in [1.807, 2.05) is 12.3 Å². The molecule has 0 amide bonds. The summed E-state index contributed by atoms with van der Waals surface area (Å²) in [6, 6.07) is 4.27. The fourth-order valence-electron chi connectivity index (χ4n) is 1.85. The zero-order chi connectivity index (χ0) is 12.8. The summed E-state index contributed by atoms with van der Waals surface area (Å²) in [7, 11) is 0. The predicted molar refractivity (Wildman–Crippen MR) is 76.3 cm³/mol. The van der Waals surface area contributed by atoms with E-state index >= 15 is 0 Å². The van der Waals surface area contributed by atoms with E-state index in [1.54, 1.807) is 11.3 Å². The van der Waals surface area contributed by atoms with Crippen LogP contribution in [0.3, 0.4) is 0 Å². The number of nitrogens with one attached hydrogen (secondary N) is 2. The van der Waals surface area contributed by atoms with Gasteiger partial charge in [-0.2, -0.15) is 5.10 Å². The van der Waals surface area contributed by atoms with Crippen LogP contribution in [0.2, 0.25) is 0 Å². The van der Waals surface area contributed by atoms with Crippen molar-refractivity contribution in [2.45, 2.75) is 32.4 Å². The van der Waals surface area contributed by atoms with Gasteiger partial charge in [0.2, 0.25) is 0 Å². The molecule has 2 aromatic heterocycles. The minimum absolute atomic E-state index is 0.140. The third-order valence-corrected chi connectivity index (χ3v) is 3.69. The van der Waals surface area contributed by atoms with E-state index in [9.17, 15) is 0 Å². The van der Waals surface area contributed by atoms with Crippen LogP contribution in [0.1, 0.15) is 25.3 Å². The topological polar surface area (TPSA) is 40.7 Å². The highest BCUT2D eigenvalue weighted by molar-refractivity contribution is 7.13. The zero-order valence-corrected chi connectivity index (χ0v) is 11.3. The first kappa shape index (κ1) is 12.9. The first-order chi connectivity index (χ1) is 8.85. The second kappa shape index (κ2) is 6.39. The van der Waals surface area contributed by atoms with E-state index in [0.29, 0.717) is 0 Å². The summed E-state index contributed by atoms with van der Waals surface area (Å²) in [6.07, 6.45) is 9.45. The van der Waals surface area contributed by atoms with Gasteiger partial charge in [0.15, 0.2) is 0 Å². The summed E-state index contributed by atoms with van der Waals surface area (Å²) < 4.78 is 0. The molecule has 0 aliphatic carbocycles. The first-order valence-electron chi connectivity index (χ1n) is 6.10. The quantitative estimate of drug-likeness (QED) is 0.783. The van der Waals surface area contributed by atoms with Crippen LogP contribution in [0, 0.1) is 12.3 Å². The molecule has 2 heterocycles. The maximum atomic E-state index is 5.50. The van der Waals surface area contributed by atoms with Crippen molar-refractivity contribution in [1.29, 1.82) is 0 Å². The maximum Gasteiger partial charge on any atom is 0.0794 e. The number of terminal acetylenes is 1. The van der Waals surface area contributed by atoms with Crippen LogP contribution in [0.4, 0.5) is 0 Å². The van der Waals surface area contributed by atoms with Crippen molar-refractivity contribution < 1.29 is 0 Å². The molecule has 2 N–H and O–H groups in total. The Balaban J connectivity index is 2.03. The second-order valence-electron chi connectivity index (χ2n) is 4.14. The van der Waals surface area contributed by atoms with Gasteiger partial charge in [-0.15, -0.1) is 17.8 Å². The standard InChI is InChI=1S/C14H17N3S/c1-3-6-12(4-2)15-9-11-10-16-17-14(11)13-7-5-8-18-13/h2,5,7-8,10,12,15H,3,6,9H2,1H3,(H,16,17). The van der Waals surface area contributed by atoms with Gasteiger partial charge in [0, 0.05) is 12.1 Å². The number of hydrogen-bond donors (Lipinski definition) is 2. The fourth-order valence-corrected chi connectivity index (χ4v) is 2.60. The van der Waals surface area contributed by atoms with Gasteiger partial charge in [-0.3, -0.25) is 10.4 Å². The van der Waals surface area contributed by atoms with Crippen molar-refractivity contribution in [3.63, 3.8) is 0 Å². The molecule has 1 atom stereocenters. The molecule has 0 saturated heterocycles. The third-order valence-electron chi connectivity index (χ3n) is 2.80. The molecule has 0 bridgehead atoms. The third kappa shape index (κ3) is 3.00. The molecule has 0 aromatic carbocycles. The molecule has 2 aromatic rings. The second-order valence-corrected chi connectivity index (χ2v) is 5.08. The van der Waals surface area contributed by atoms with E-state index in [1.165, 1.54) is 4.88 Å². The average Bonchev–Trinajstić information content (AvgIpc) is 3.04. The Hall–Kier alpha value is -1.57. The number of aromatic nitrogens is 2. The molecule has 0 saturated carbocycles. The Morgan fingerprint density at radius 3 is 3.17 bits per heavy atom. The molecule has 1 unspecified atom stereocenters. The van der Waals surface area contributed by atoms with Gasteiger partial charge < -0.3 is 0 Å². The van der Waals surface area contributed by atoms with Gasteiger partial charge in [-0.25, -0.2) is 0 Å². The van der Waals surface area contributed by atoms with Crippen LogP contribution < -0.4 is 5.32 Å². The lowest BCUT2D eigenvalue weighted by atomic mass is 10.1. The Bertz CT molecular complexity index is 507. The van der Waals surface area contributed by atoms with E-state index < -0.39 is 0 Å². The summed E-state index contributed by atoms with van der Waals surface area (Å²) in [5.41, 5.74) is 2.25. The smallest absolute Gasteiger partial charge is 0.0794 e. The van der Waals surface area contributed by atoms with Crippen molar-refractivity contribution >= 4 is 11.3 Å². The number of rotatable bonds is 6. The van der Waals surface area contributed by atoms with Gasteiger partial charge in [0.25, 0.3) is 0 Å². The highest BCUT2D eigenvalue weighted by Gasteiger charge is 2.10. The lowest BCUT2D eigenvalue weighted by Crippen LogP contribution is -2.26. The van der Waals surface area contributed by atoms with Crippen LogP contribution in [0.15, 0.2) is 23.7 Å². The summed E-state index contributed by atoms with van der Waals surface area (Å²) >= 11 is 1.71. The first-order valence-corrected chi connectivity index (χ1v) is 6.98. The molecular formula is C14H17N3S. The van der Waals surface area contributed by atoms with Crippen LogP contribution >= 0.6 is 11.3 Å². The molecule has 0 aliphatic rings. The highest BCUT2D eigenvalue weighted by Crippen LogP contribution is 2.25. The van der Waals surface area contributed by atoms with Crippen molar-refractivity contribution in [2.75, 3.05) is 0 Å².